The van der Waals surface area contributed by atoms with Crippen molar-refractivity contribution in [1.29, 1.82) is 0 Å². The number of amides is 1. The van der Waals surface area contributed by atoms with Crippen molar-refractivity contribution in [3.63, 3.8) is 0 Å². The molecule has 7 nitrogen and oxygen atoms in total. The summed E-state index contributed by atoms with van der Waals surface area (Å²) in [5.41, 5.74) is 3.10. The van der Waals surface area contributed by atoms with Crippen molar-refractivity contribution in [3.05, 3.63) is 98.2 Å². The number of nitrogens with zero attached hydrogens (tertiary/aromatic N) is 4. The van der Waals surface area contributed by atoms with Crippen LogP contribution in [0, 0.1) is 6.92 Å². The van der Waals surface area contributed by atoms with Crippen molar-refractivity contribution in [2.24, 2.45) is 0 Å². The normalized spacial score (nSPS) is 11.3. The van der Waals surface area contributed by atoms with Gasteiger partial charge in [-0.3, -0.25) is 18.6 Å². The van der Waals surface area contributed by atoms with Crippen LogP contribution in [0.2, 0.25) is 0 Å². The van der Waals surface area contributed by atoms with Crippen molar-refractivity contribution < 1.29 is 4.79 Å². The fourth-order valence-corrected chi connectivity index (χ4v) is 5.26. The summed E-state index contributed by atoms with van der Waals surface area (Å²) in [6.07, 6.45) is 2.29. The highest BCUT2D eigenvalue weighted by Gasteiger charge is 2.17. The van der Waals surface area contributed by atoms with Crippen LogP contribution in [0.5, 0.6) is 0 Å². The molecule has 0 unspecified atom stereocenters. The highest BCUT2D eigenvalue weighted by molar-refractivity contribution is 7.10. The number of carbonyl (C=O) groups is 1. The molecule has 1 N–H and O–H groups in total. The third kappa shape index (κ3) is 4.88. The Labute approximate surface area is 207 Å². The third-order valence-corrected chi connectivity index (χ3v) is 7.34. The number of benzene rings is 2. The molecule has 0 aliphatic heterocycles. The third-order valence-electron chi connectivity index (χ3n) is 6.26. The maximum Gasteiger partial charge on any atom is 0.262 e. The van der Waals surface area contributed by atoms with Crippen molar-refractivity contribution in [1.82, 2.24) is 24.5 Å². The lowest BCUT2D eigenvalue weighted by Gasteiger charge is -2.11. The lowest BCUT2D eigenvalue weighted by molar-refractivity contribution is -0.121. The van der Waals surface area contributed by atoms with Crippen LogP contribution in [0.3, 0.4) is 0 Å². The molecule has 8 heteroatoms. The molecule has 0 aliphatic carbocycles. The van der Waals surface area contributed by atoms with E-state index in [1.54, 1.807) is 15.9 Å². The lowest BCUT2D eigenvalue weighted by Crippen LogP contribution is -2.26. The Morgan fingerprint density at radius 2 is 1.77 bits per heavy atom. The average molecular weight is 486 g/mol. The van der Waals surface area contributed by atoms with Gasteiger partial charge in [0.05, 0.1) is 10.9 Å². The summed E-state index contributed by atoms with van der Waals surface area (Å²) in [7, 11) is 0. The highest BCUT2D eigenvalue weighted by atomic mass is 32.1. The molecule has 5 rings (SSSR count). The van der Waals surface area contributed by atoms with Crippen LogP contribution in [-0.2, 0) is 30.6 Å². The van der Waals surface area contributed by atoms with E-state index in [9.17, 15) is 9.59 Å². The molecule has 1 amide bonds. The van der Waals surface area contributed by atoms with E-state index in [0.29, 0.717) is 49.3 Å². The van der Waals surface area contributed by atoms with Crippen molar-refractivity contribution in [2.45, 2.75) is 39.2 Å². The Morgan fingerprint density at radius 3 is 2.57 bits per heavy atom. The monoisotopic (exact) mass is 485 g/mol. The Hall–Kier alpha value is -3.78. The molecule has 0 aliphatic rings. The average Bonchev–Trinajstić information content (AvgIpc) is 3.49. The predicted molar refractivity (Wildman–Crippen MR) is 139 cm³/mol. The quantitative estimate of drug-likeness (QED) is 0.343. The molecule has 3 aromatic heterocycles. The van der Waals surface area contributed by atoms with Crippen LogP contribution < -0.4 is 10.9 Å². The number of hydrogen-bond acceptors (Lipinski definition) is 5. The van der Waals surface area contributed by atoms with Gasteiger partial charge in [0.1, 0.15) is 5.82 Å². The lowest BCUT2D eigenvalue weighted by atomic mass is 10.1. The molecule has 0 radical (unpaired) electrons. The van der Waals surface area contributed by atoms with Gasteiger partial charge in [0.25, 0.3) is 5.56 Å². The topological polar surface area (TPSA) is 81.3 Å². The fourth-order valence-electron chi connectivity index (χ4n) is 4.35. The van der Waals surface area contributed by atoms with Gasteiger partial charge >= 0.3 is 0 Å². The summed E-state index contributed by atoms with van der Waals surface area (Å²) in [6.45, 7) is 3.20. The van der Waals surface area contributed by atoms with E-state index in [0.717, 1.165) is 17.5 Å². The van der Waals surface area contributed by atoms with Crippen molar-refractivity contribution in [2.75, 3.05) is 6.54 Å². The Bertz CT molecular complexity index is 1530. The zero-order valence-corrected chi connectivity index (χ0v) is 20.4. The second-order valence-corrected chi connectivity index (χ2v) is 9.59. The second-order valence-electron chi connectivity index (χ2n) is 8.59. The molecule has 0 bridgehead atoms. The zero-order valence-electron chi connectivity index (χ0n) is 19.6. The molecular formula is C27H27N5O2S. The molecular weight excluding hydrogens is 458 g/mol. The second kappa shape index (κ2) is 10.2. The number of aryl methyl sites for hydroxylation is 4. The van der Waals surface area contributed by atoms with Crippen molar-refractivity contribution in [3.8, 4) is 0 Å². The van der Waals surface area contributed by atoms with E-state index in [2.05, 4.69) is 46.0 Å². The van der Waals surface area contributed by atoms with Gasteiger partial charge in [-0.05, 0) is 54.5 Å². The SMILES string of the molecule is Cc1ccsc1CCNC(=O)CCc1nnc2n(CCc3ccccc3)c(=O)c3ccccc3n12. The molecule has 0 saturated carbocycles. The summed E-state index contributed by atoms with van der Waals surface area (Å²) < 4.78 is 3.61. The van der Waals surface area contributed by atoms with Gasteiger partial charge in [-0.1, -0.05) is 42.5 Å². The zero-order chi connectivity index (χ0) is 24.2. The number of nitrogens with one attached hydrogen (secondary N) is 1. The van der Waals surface area contributed by atoms with Crippen LogP contribution in [0.25, 0.3) is 16.7 Å². The van der Waals surface area contributed by atoms with Crippen LogP contribution in [0.4, 0.5) is 0 Å². The number of para-hydroxylation sites is 1. The Kier molecular flexibility index (Phi) is 6.72. The molecule has 2 aromatic carbocycles. The van der Waals surface area contributed by atoms with E-state index in [-0.39, 0.29) is 11.5 Å². The summed E-state index contributed by atoms with van der Waals surface area (Å²) in [6, 6.07) is 19.7. The molecule has 3 heterocycles. The van der Waals surface area contributed by atoms with Gasteiger partial charge < -0.3 is 5.32 Å². The highest BCUT2D eigenvalue weighted by Crippen LogP contribution is 2.17. The maximum atomic E-state index is 13.3. The van der Waals surface area contributed by atoms with Gasteiger partial charge in [-0.15, -0.1) is 21.5 Å². The first kappa shape index (κ1) is 23.0. The Balaban J connectivity index is 1.36. The number of fused-ring (bicyclic) bond motifs is 3. The first-order valence-corrected chi connectivity index (χ1v) is 12.7. The molecule has 178 valence electrons. The van der Waals surface area contributed by atoms with E-state index in [4.69, 9.17) is 0 Å². The fraction of sp³-hybridized carbons (Fsp3) is 0.259. The van der Waals surface area contributed by atoms with Gasteiger partial charge in [0.15, 0.2) is 0 Å². The molecule has 0 saturated heterocycles. The maximum absolute atomic E-state index is 13.3. The Morgan fingerprint density at radius 1 is 0.971 bits per heavy atom. The molecule has 0 spiro atoms. The molecule has 0 atom stereocenters. The van der Waals surface area contributed by atoms with Gasteiger partial charge in [0.2, 0.25) is 11.7 Å². The summed E-state index contributed by atoms with van der Waals surface area (Å²) in [5.74, 6) is 1.17. The first-order valence-electron chi connectivity index (χ1n) is 11.8. The minimum Gasteiger partial charge on any atom is -0.356 e. The largest absolute Gasteiger partial charge is 0.356 e. The van der Waals surface area contributed by atoms with Crippen molar-refractivity contribution >= 4 is 33.9 Å². The summed E-state index contributed by atoms with van der Waals surface area (Å²) in [5, 5.41) is 14.5. The van der Waals surface area contributed by atoms with Crippen LogP contribution >= 0.6 is 11.3 Å². The number of rotatable bonds is 9. The van der Waals surface area contributed by atoms with Gasteiger partial charge in [-0.25, -0.2) is 0 Å². The predicted octanol–water partition coefficient (Wildman–Crippen LogP) is 3.95. The van der Waals surface area contributed by atoms with E-state index >= 15 is 0 Å². The number of thiophene rings is 1. The standard InChI is InChI=1S/C27H27N5O2S/c1-19-15-18-35-23(19)13-16-28-25(33)12-11-24-29-30-27-31(17-14-20-7-3-2-4-8-20)26(34)21-9-5-6-10-22(21)32(24)27/h2-10,15,18H,11-14,16-17H2,1H3,(H,28,33). The molecule has 5 aromatic rings. The minimum atomic E-state index is -0.0791. The van der Waals surface area contributed by atoms with E-state index < -0.39 is 0 Å². The van der Waals surface area contributed by atoms with Gasteiger partial charge in [-0.2, -0.15) is 0 Å². The number of aromatic nitrogens is 4. The van der Waals surface area contributed by atoms with Crippen LogP contribution in [-0.4, -0.2) is 31.6 Å². The summed E-state index contributed by atoms with van der Waals surface area (Å²) in [4.78, 5) is 27.1. The van der Waals surface area contributed by atoms with Gasteiger partial charge in [0, 0.05) is 30.8 Å². The van der Waals surface area contributed by atoms with E-state index in [1.165, 1.54) is 10.4 Å². The van der Waals surface area contributed by atoms with Crippen LogP contribution in [0.1, 0.15) is 28.2 Å². The minimum absolute atomic E-state index is 0.0161. The number of carbonyl (C=O) groups excluding carboxylic acids is 1. The first-order chi connectivity index (χ1) is 17.1. The molecule has 35 heavy (non-hydrogen) atoms. The smallest absolute Gasteiger partial charge is 0.262 e. The van der Waals surface area contributed by atoms with Crippen LogP contribution in [0.15, 0.2) is 70.8 Å². The number of hydrogen-bond donors (Lipinski definition) is 1. The summed E-state index contributed by atoms with van der Waals surface area (Å²) >= 11 is 1.72. The molecule has 0 fully saturated rings. The van der Waals surface area contributed by atoms with E-state index in [1.807, 2.05) is 46.9 Å².